The lowest BCUT2D eigenvalue weighted by atomic mass is 10.4. The molecule has 1 aromatic heterocycles. The Kier molecular flexibility index (Phi) is 4.20. The van der Waals surface area contributed by atoms with E-state index >= 15 is 0 Å². The number of hydrogen-bond donors (Lipinski definition) is 1. The van der Waals surface area contributed by atoms with E-state index in [-0.39, 0.29) is 12.2 Å². The van der Waals surface area contributed by atoms with E-state index in [2.05, 4.69) is 30.6 Å². The zero-order valence-corrected chi connectivity index (χ0v) is 10.8. The summed E-state index contributed by atoms with van der Waals surface area (Å²) in [6.45, 7) is 1.63. The Hall–Kier alpha value is -1.20. The summed E-state index contributed by atoms with van der Waals surface area (Å²) in [6.07, 6.45) is 2.85. The van der Waals surface area contributed by atoms with Crippen molar-refractivity contribution in [3.8, 4) is 6.07 Å². The smallest absolute Gasteiger partial charge is 0.250 e. The van der Waals surface area contributed by atoms with E-state index in [1.165, 1.54) is 12.4 Å². The van der Waals surface area contributed by atoms with Gasteiger partial charge in [0.1, 0.15) is 4.60 Å². The van der Waals surface area contributed by atoms with Gasteiger partial charge in [-0.15, -0.1) is 0 Å². The monoisotopic (exact) mass is 304 g/mol. The van der Waals surface area contributed by atoms with E-state index in [4.69, 9.17) is 5.26 Å². The maximum absolute atomic E-state index is 11.6. The molecule has 8 heteroatoms. The average molecular weight is 305 g/mol. The van der Waals surface area contributed by atoms with Crippen molar-refractivity contribution in [2.24, 2.45) is 0 Å². The Labute approximate surface area is 102 Å². The Bertz CT molecular complexity index is 494. The third-order valence-electron chi connectivity index (χ3n) is 1.76. The van der Waals surface area contributed by atoms with Crippen LogP contribution in [0.5, 0.6) is 0 Å². The van der Waals surface area contributed by atoms with Crippen LogP contribution in [0, 0.1) is 11.3 Å². The molecule has 1 N–H and O–H groups in total. The van der Waals surface area contributed by atoms with Crippen LogP contribution in [-0.2, 0) is 10.0 Å². The van der Waals surface area contributed by atoms with E-state index in [9.17, 15) is 8.42 Å². The molecule has 0 aliphatic carbocycles. The van der Waals surface area contributed by atoms with Crippen LogP contribution in [0.25, 0.3) is 0 Å². The largest absolute Gasteiger partial charge is 0.265 e. The van der Waals surface area contributed by atoms with Crippen LogP contribution < -0.4 is 4.72 Å². The molecule has 1 rings (SSSR count). The second kappa shape index (κ2) is 5.23. The average Bonchev–Trinajstić information content (AvgIpc) is 2.22. The molecule has 1 unspecified atom stereocenters. The molecule has 6 nitrogen and oxygen atoms in total. The molecule has 1 atom stereocenters. The summed E-state index contributed by atoms with van der Waals surface area (Å²) in [6, 6.07) is 1.72. The summed E-state index contributed by atoms with van der Waals surface area (Å²) in [5.74, 6) is 0.0944. The number of nitrogens with one attached hydrogen (secondary N) is 1. The van der Waals surface area contributed by atoms with E-state index < -0.39 is 15.3 Å². The number of anilines is 1. The summed E-state index contributed by atoms with van der Waals surface area (Å²) < 4.78 is 26.0. The molecule has 16 heavy (non-hydrogen) atoms. The first-order valence-corrected chi connectivity index (χ1v) is 6.72. The van der Waals surface area contributed by atoms with Gasteiger partial charge in [0.2, 0.25) is 10.0 Å². The topological polar surface area (TPSA) is 95.7 Å². The Morgan fingerprint density at radius 3 is 2.69 bits per heavy atom. The van der Waals surface area contributed by atoms with Crippen LogP contribution in [0.4, 0.5) is 5.82 Å². The van der Waals surface area contributed by atoms with Crippen molar-refractivity contribution in [3.05, 3.63) is 17.0 Å². The number of aromatic nitrogens is 2. The van der Waals surface area contributed by atoms with Gasteiger partial charge in [0, 0.05) is 0 Å². The molecule has 0 amide bonds. The second-order valence-corrected chi connectivity index (χ2v) is 5.57. The molecule has 0 aliphatic rings. The van der Waals surface area contributed by atoms with Crippen molar-refractivity contribution < 1.29 is 8.42 Å². The Morgan fingerprint density at radius 1 is 1.56 bits per heavy atom. The highest BCUT2D eigenvalue weighted by Gasteiger charge is 2.23. The van der Waals surface area contributed by atoms with E-state index in [0.29, 0.717) is 4.60 Å². The van der Waals surface area contributed by atoms with Crippen LogP contribution in [-0.4, -0.2) is 23.6 Å². The lowest BCUT2D eigenvalue weighted by molar-refractivity contribution is 0.592. The molecule has 0 bridgehead atoms. The molecule has 0 spiro atoms. The quantitative estimate of drug-likeness (QED) is 0.904. The standard InChI is InChI=1S/C8H9BrN4O2S/c1-2-6(3-10)16(14,15)13-8-5-11-7(9)4-12-8/h4-6H,2H2,1H3,(H,12,13). The van der Waals surface area contributed by atoms with Gasteiger partial charge in [-0.3, -0.25) is 4.72 Å². The highest BCUT2D eigenvalue weighted by molar-refractivity contribution is 9.10. The highest BCUT2D eigenvalue weighted by Crippen LogP contribution is 2.11. The molecular formula is C8H9BrN4O2S. The lowest BCUT2D eigenvalue weighted by Crippen LogP contribution is -2.26. The number of nitriles is 1. The van der Waals surface area contributed by atoms with Crippen LogP contribution in [0.2, 0.25) is 0 Å². The molecule has 0 aromatic carbocycles. The molecule has 0 radical (unpaired) electrons. The maximum Gasteiger partial charge on any atom is 0.250 e. The number of rotatable bonds is 4. The molecule has 0 fully saturated rings. The van der Waals surface area contributed by atoms with Crippen LogP contribution in [0.1, 0.15) is 13.3 Å². The van der Waals surface area contributed by atoms with Crippen LogP contribution in [0.15, 0.2) is 17.0 Å². The van der Waals surface area contributed by atoms with Crippen molar-refractivity contribution in [3.63, 3.8) is 0 Å². The molecule has 0 saturated carbocycles. The predicted molar refractivity (Wildman–Crippen MR) is 62.0 cm³/mol. The molecule has 0 saturated heterocycles. The zero-order valence-electron chi connectivity index (χ0n) is 8.38. The summed E-state index contributed by atoms with van der Waals surface area (Å²) >= 11 is 3.08. The third kappa shape index (κ3) is 3.15. The van der Waals surface area contributed by atoms with Gasteiger partial charge in [0.25, 0.3) is 0 Å². The number of hydrogen-bond acceptors (Lipinski definition) is 5. The Morgan fingerprint density at radius 2 is 2.25 bits per heavy atom. The van der Waals surface area contributed by atoms with Crippen LogP contribution >= 0.6 is 15.9 Å². The first-order valence-electron chi connectivity index (χ1n) is 4.38. The highest BCUT2D eigenvalue weighted by atomic mass is 79.9. The van der Waals surface area contributed by atoms with Crippen molar-refractivity contribution in [1.29, 1.82) is 5.26 Å². The van der Waals surface area contributed by atoms with E-state index in [1.54, 1.807) is 13.0 Å². The molecule has 1 aromatic rings. The fourth-order valence-electron chi connectivity index (χ4n) is 0.962. The predicted octanol–water partition coefficient (Wildman–Crippen LogP) is 1.28. The maximum atomic E-state index is 11.6. The van der Waals surface area contributed by atoms with Gasteiger partial charge in [-0.05, 0) is 22.4 Å². The number of sulfonamides is 1. The minimum Gasteiger partial charge on any atom is -0.265 e. The number of nitrogens with zero attached hydrogens (tertiary/aromatic N) is 3. The van der Waals surface area contributed by atoms with E-state index in [0.717, 1.165) is 0 Å². The summed E-state index contributed by atoms with van der Waals surface area (Å²) in [7, 11) is -3.72. The Balaban J connectivity index is 2.89. The fraction of sp³-hybridized carbons (Fsp3) is 0.375. The second-order valence-electron chi connectivity index (χ2n) is 2.90. The third-order valence-corrected chi connectivity index (χ3v) is 3.85. The first kappa shape index (κ1) is 12.9. The van der Waals surface area contributed by atoms with Gasteiger partial charge in [0.05, 0.1) is 18.5 Å². The minimum atomic E-state index is -3.72. The van der Waals surface area contributed by atoms with Gasteiger partial charge in [-0.2, -0.15) is 5.26 Å². The molecule has 0 aliphatic heterocycles. The van der Waals surface area contributed by atoms with Gasteiger partial charge in [-0.1, -0.05) is 6.92 Å². The van der Waals surface area contributed by atoms with Crippen molar-refractivity contribution in [2.75, 3.05) is 4.72 Å². The lowest BCUT2D eigenvalue weighted by Gasteiger charge is -2.09. The SMILES string of the molecule is CCC(C#N)S(=O)(=O)Nc1cnc(Br)cn1. The van der Waals surface area contributed by atoms with Crippen molar-refractivity contribution >= 4 is 31.8 Å². The summed E-state index contributed by atoms with van der Waals surface area (Å²) in [4.78, 5) is 7.62. The molecular weight excluding hydrogens is 296 g/mol. The molecule has 86 valence electrons. The van der Waals surface area contributed by atoms with Gasteiger partial charge in [-0.25, -0.2) is 18.4 Å². The van der Waals surface area contributed by atoms with Gasteiger partial charge < -0.3 is 0 Å². The van der Waals surface area contributed by atoms with E-state index in [1.807, 2.05) is 0 Å². The first-order chi connectivity index (χ1) is 7.49. The minimum absolute atomic E-state index is 0.0944. The summed E-state index contributed by atoms with van der Waals surface area (Å²) in [5.41, 5.74) is 0. The van der Waals surface area contributed by atoms with Crippen molar-refractivity contribution in [2.45, 2.75) is 18.6 Å². The summed E-state index contributed by atoms with van der Waals surface area (Å²) in [5, 5.41) is 7.59. The molecule has 1 heterocycles. The van der Waals surface area contributed by atoms with Gasteiger partial charge >= 0.3 is 0 Å². The van der Waals surface area contributed by atoms with Crippen molar-refractivity contribution in [1.82, 2.24) is 9.97 Å². The normalized spacial score (nSPS) is 12.8. The zero-order chi connectivity index (χ0) is 12.2. The van der Waals surface area contributed by atoms with Crippen LogP contribution in [0.3, 0.4) is 0 Å². The fourth-order valence-corrected chi connectivity index (χ4v) is 2.28. The number of halogens is 1. The van der Waals surface area contributed by atoms with Gasteiger partial charge in [0.15, 0.2) is 11.1 Å².